The van der Waals surface area contributed by atoms with Crippen LogP contribution in [0, 0.1) is 12.7 Å². The average molecular weight is 383 g/mol. The maximum atomic E-state index is 13.7. The van der Waals surface area contributed by atoms with Crippen LogP contribution in [-0.4, -0.2) is 15.0 Å². The molecule has 1 aromatic heterocycles. The fourth-order valence-electron chi connectivity index (χ4n) is 3.08. The van der Waals surface area contributed by atoms with Gasteiger partial charge in [-0.15, -0.1) is 0 Å². The molecule has 0 bridgehead atoms. The Balaban J connectivity index is 2.04. The van der Waals surface area contributed by atoms with Crippen LogP contribution in [0.1, 0.15) is 31.9 Å². The van der Waals surface area contributed by atoms with E-state index in [2.05, 4.69) is 5.32 Å². The molecule has 3 rings (SSSR count). The number of aromatic nitrogens is 2. The first-order valence-corrected chi connectivity index (χ1v) is 9.13. The Hall–Kier alpha value is -3.22. The topological polar surface area (TPSA) is 73.1 Å². The minimum Gasteiger partial charge on any atom is -0.324 e. The van der Waals surface area contributed by atoms with Crippen molar-refractivity contribution in [3.05, 3.63) is 74.7 Å². The van der Waals surface area contributed by atoms with E-state index in [4.69, 9.17) is 0 Å². The highest BCUT2D eigenvalue weighted by Gasteiger charge is 2.18. The van der Waals surface area contributed by atoms with Gasteiger partial charge in [0.15, 0.2) is 0 Å². The summed E-state index contributed by atoms with van der Waals surface area (Å²) in [5, 5.41) is 2.97. The molecule has 0 spiro atoms. The Morgan fingerprint density at radius 1 is 1.18 bits per heavy atom. The predicted octanol–water partition coefficient (Wildman–Crippen LogP) is 3.22. The standard InChI is InChI=1S/C21H22FN3O3/c1-4-14(3)25-20(27)16-7-5-6-8-18(16)24(21(25)28)12-19(26)23-15-10-9-13(2)17(22)11-15/h5-11,14H,4,12H2,1-3H3,(H,23,26)/t14-/m1/s1. The number of para-hydroxylation sites is 1. The summed E-state index contributed by atoms with van der Waals surface area (Å²) in [6, 6.07) is 10.8. The summed E-state index contributed by atoms with van der Waals surface area (Å²) in [6.45, 7) is 5.02. The number of amides is 1. The third-order valence-corrected chi connectivity index (χ3v) is 4.87. The second-order valence-electron chi connectivity index (χ2n) is 6.83. The van der Waals surface area contributed by atoms with Crippen molar-refractivity contribution in [2.45, 2.75) is 39.8 Å². The maximum Gasteiger partial charge on any atom is 0.332 e. The van der Waals surface area contributed by atoms with Crippen molar-refractivity contribution in [1.29, 1.82) is 0 Å². The van der Waals surface area contributed by atoms with Crippen molar-refractivity contribution in [3.63, 3.8) is 0 Å². The van der Waals surface area contributed by atoms with E-state index in [0.717, 1.165) is 0 Å². The van der Waals surface area contributed by atoms with Crippen molar-refractivity contribution < 1.29 is 9.18 Å². The average Bonchev–Trinajstić information content (AvgIpc) is 2.68. The molecule has 0 unspecified atom stereocenters. The lowest BCUT2D eigenvalue weighted by Gasteiger charge is -2.17. The molecule has 28 heavy (non-hydrogen) atoms. The SMILES string of the molecule is CC[C@@H](C)n1c(=O)c2ccccc2n(CC(=O)Nc2ccc(C)c(F)c2)c1=O. The van der Waals surface area contributed by atoms with E-state index < -0.39 is 17.4 Å². The fourth-order valence-corrected chi connectivity index (χ4v) is 3.08. The smallest absolute Gasteiger partial charge is 0.324 e. The van der Waals surface area contributed by atoms with Gasteiger partial charge in [0.25, 0.3) is 5.56 Å². The van der Waals surface area contributed by atoms with Gasteiger partial charge in [0.05, 0.1) is 10.9 Å². The van der Waals surface area contributed by atoms with E-state index in [1.54, 1.807) is 50.2 Å². The Morgan fingerprint density at radius 2 is 1.89 bits per heavy atom. The van der Waals surface area contributed by atoms with Crippen LogP contribution in [0.15, 0.2) is 52.1 Å². The number of nitrogens with zero attached hydrogens (tertiary/aromatic N) is 2. The quantitative estimate of drug-likeness (QED) is 0.735. The first-order valence-electron chi connectivity index (χ1n) is 9.13. The number of hydrogen-bond acceptors (Lipinski definition) is 3. The second-order valence-corrected chi connectivity index (χ2v) is 6.83. The fraction of sp³-hybridized carbons (Fsp3) is 0.286. The number of rotatable bonds is 5. The number of hydrogen-bond donors (Lipinski definition) is 1. The van der Waals surface area contributed by atoms with Gasteiger partial charge < -0.3 is 5.32 Å². The van der Waals surface area contributed by atoms with Crippen LogP contribution < -0.4 is 16.6 Å². The summed E-state index contributed by atoms with van der Waals surface area (Å²) in [5.41, 5.74) is 0.263. The van der Waals surface area contributed by atoms with Crippen molar-refractivity contribution >= 4 is 22.5 Å². The number of nitrogens with one attached hydrogen (secondary N) is 1. The van der Waals surface area contributed by atoms with E-state index in [-0.39, 0.29) is 18.1 Å². The molecule has 0 saturated carbocycles. The summed E-state index contributed by atoms with van der Waals surface area (Å²) >= 11 is 0. The van der Waals surface area contributed by atoms with Crippen LogP contribution in [0.25, 0.3) is 10.9 Å². The molecule has 3 aromatic rings. The zero-order valence-corrected chi connectivity index (χ0v) is 16.0. The summed E-state index contributed by atoms with van der Waals surface area (Å²) in [6.07, 6.45) is 0.600. The van der Waals surface area contributed by atoms with Gasteiger partial charge in [0.2, 0.25) is 5.91 Å². The molecule has 0 fully saturated rings. The highest BCUT2D eigenvalue weighted by atomic mass is 19.1. The summed E-state index contributed by atoms with van der Waals surface area (Å²) in [7, 11) is 0. The van der Waals surface area contributed by atoms with E-state index >= 15 is 0 Å². The van der Waals surface area contributed by atoms with Gasteiger partial charge in [-0.3, -0.25) is 18.7 Å². The Labute approximate surface area is 161 Å². The van der Waals surface area contributed by atoms with Crippen LogP contribution in [0.4, 0.5) is 10.1 Å². The molecule has 7 heteroatoms. The van der Waals surface area contributed by atoms with Gasteiger partial charge in [-0.25, -0.2) is 9.18 Å². The molecule has 6 nitrogen and oxygen atoms in total. The third kappa shape index (κ3) is 3.60. The first kappa shape index (κ1) is 19.5. The van der Waals surface area contributed by atoms with Crippen LogP contribution in [0.2, 0.25) is 0 Å². The number of carbonyl (C=O) groups excluding carboxylic acids is 1. The number of anilines is 1. The summed E-state index contributed by atoms with van der Waals surface area (Å²) in [5.74, 6) is -0.907. The van der Waals surface area contributed by atoms with Gasteiger partial charge in [0.1, 0.15) is 12.4 Å². The largest absolute Gasteiger partial charge is 0.332 e. The maximum absolute atomic E-state index is 13.7. The summed E-state index contributed by atoms with van der Waals surface area (Å²) in [4.78, 5) is 38.3. The van der Waals surface area contributed by atoms with Gasteiger partial charge >= 0.3 is 5.69 Å². The zero-order valence-electron chi connectivity index (χ0n) is 16.0. The summed E-state index contributed by atoms with van der Waals surface area (Å²) < 4.78 is 16.2. The van der Waals surface area contributed by atoms with E-state index in [0.29, 0.717) is 28.6 Å². The number of carbonyl (C=O) groups is 1. The lowest BCUT2D eigenvalue weighted by atomic mass is 10.2. The first-order chi connectivity index (χ1) is 13.3. The molecule has 1 N–H and O–H groups in total. The molecule has 1 atom stereocenters. The minimum absolute atomic E-state index is 0.286. The van der Waals surface area contributed by atoms with Crippen LogP contribution in [-0.2, 0) is 11.3 Å². The Bertz CT molecular complexity index is 1160. The van der Waals surface area contributed by atoms with E-state index in [1.807, 2.05) is 6.92 Å². The lowest BCUT2D eigenvalue weighted by molar-refractivity contribution is -0.116. The Morgan fingerprint density at radius 3 is 2.57 bits per heavy atom. The van der Waals surface area contributed by atoms with Gasteiger partial charge in [-0.05, 0) is 50.1 Å². The molecular weight excluding hydrogens is 361 g/mol. The zero-order chi connectivity index (χ0) is 20.4. The number of aryl methyl sites for hydroxylation is 1. The van der Waals surface area contributed by atoms with Crippen molar-refractivity contribution in [1.82, 2.24) is 9.13 Å². The molecule has 2 aromatic carbocycles. The van der Waals surface area contributed by atoms with E-state index in [9.17, 15) is 18.8 Å². The molecule has 0 aliphatic rings. The van der Waals surface area contributed by atoms with Gasteiger partial charge in [0, 0.05) is 11.7 Å². The third-order valence-electron chi connectivity index (χ3n) is 4.87. The molecular formula is C21H22FN3O3. The second kappa shape index (κ2) is 7.80. The normalized spacial score (nSPS) is 12.1. The number of halogens is 1. The highest BCUT2D eigenvalue weighted by molar-refractivity contribution is 5.91. The predicted molar refractivity (Wildman–Crippen MR) is 107 cm³/mol. The van der Waals surface area contributed by atoms with Crippen LogP contribution >= 0.6 is 0 Å². The molecule has 0 aliphatic heterocycles. The van der Waals surface area contributed by atoms with Gasteiger partial charge in [-0.2, -0.15) is 0 Å². The number of benzene rings is 2. The monoisotopic (exact) mass is 383 g/mol. The molecule has 0 saturated heterocycles. The molecule has 146 valence electrons. The number of fused-ring (bicyclic) bond motifs is 1. The molecule has 0 aliphatic carbocycles. The van der Waals surface area contributed by atoms with Gasteiger partial charge in [-0.1, -0.05) is 25.1 Å². The lowest BCUT2D eigenvalue weighted by Crippen LogP contribution is -2.43. The van der Waals surface area contributed by atoms with Crippen molar-refractivity contribution in [2.75, 3.05) is 5.32 Å². The van der Waals surface area contributed by atoms with E-state index in [1.165, 1.54) is 15.2 Å². The molecule has 1 amide bonds. The van der Waals surface area contributed by atoms with Crippen LogP contribution in [0.3, 0.4) is 0 Å². The Kier molecular flexibility index (Phi) is 5.44. The van der Waals surface area contributed by atoms with Crippen molar-refractivity contribution in [3.8, 4) is 0 Å². The van der Waals surface area contributed by atoms with Crippen molar-refractivity contribution in [2.24, 2.45) is 0 Å². The molecule has 1 heterocycles. The minimum atomic E-state index is -0.539. The molecule has 0 radical (unpaired) electrons. The van der Waals surface area contributed by atoms with Crippen LogP contribution in [0.5, 0.6) is 0 Å². The highest BCUT2D eigenvalue weighted by Crippen LogP contribution is 2.14.